The second-order valence-electron chi connectivity index (χ2n) is 4.40. The molecule has 20 heavy (non-hydrogen) atoms. The Labute approximate surface area is 127 Å². The lowest BCUT2D eigenvalue weighted by Gasteiger charge is -2.08. The topological polar surface area (TPSA) is 42.0 Å². The molecule has 0 spiro atoms. The van der Waals surface area contributed by atoms with Crippen LogP contribution < -0.4 is 5.32 Å². The van der Waals surface area contributed by atoms with Crippen LogP contribution in [0.2, 0.25) is 10.0 Å². The molecule has 0 radical (unpaired) electrons. The van der Waals surface area contributed by atoms with Crippen molar-refractivity contribution in [3.8, 4) is 0 Å². The molecule has 0 saturated heterocycles. The standard InChI is InChI=1S/C15H14Cl2N2O/c1-10-4-2-3-5-12(10)15(20)18-7-6-14-13(17)8-11(16)9-19-14/h2-5,8-9H,6-7H2,1H3,(H,18,20). The summed E-state index contributed by atoms with van der Waals surface area (Å²) in [4.78, 5) is 16.2. The smallest absolute Gasteiger partial charge is 0.251 e. The minimum atomic E-state index is -0.0896. The van der Waals surface area contributed by atoms with E-state index < -0.39 is 0 Å². The largest absolute Gasteiger partial charge is 0.352 e. The number of hydrogen-bond donors (Lipinski definition) is 1. The van der Waals surface area contributed by atoms with Crippen molar-refractivity contribution >= 4 is 29.1 Å². The minimum absolute atomic E-state index is 0.0896. The zero-order chi connectivity index (χ0) is 14.5. The fourth-order valence-corrected chi connectivity index (χ4v) is 2.32. The van der Waals surface area contributed by atoms with Gasteiger partial charge in [0.15, 0.2) is 0 Å². The van der Waals surface area contributed by atoms with Gasteiger partial charge in [0.05, 0.1) is 15.7 Å². The average molecular weight is 309 g/mol. The van der Waals surface area contributed by atoms with Crippen molar-refractivity contribution in [3.05, 3.63) is 63.4 Å². The molecule has 1 amide bonds. The zero-order valence-corrected chi connectivity index (χ0v) is 12.5. The monoisotopic (exact) mass is 308 g/mol. The van der Waals surface area contributed by atoms with E-state index in [2.05, 4.69) is 10.3 Å². The summed E-state index contributed by atoms with van der Waals surface area (Å²) in [5.74, 6) is -0.0896. The molecule has 1 heterocycles. The van der Waals surface area contributed by atoms with Gasteiger partial charge in [0.1, 0.15) is 0 Å². The molecular weight excluding hydrogens is 295 g/mol. The molecule has 0 saturated carbocycles. The Morgan fingerprint density at radius 2 is 2.05 bits per heavy atom. The van der Waals surface area contributed by atoms with Crippen LogP contribution in [0.5, 0.6) is 0 Å². The molecule has 0 bridgehead atoms. The highest BCUT2D eigenvalue weighted by atomic mass is 35.5. The molecule has 0 aliphatic heterocycles. The molecule has 1 N–H and O–H groups in total. The summed E-state index contributed by atoms with van der Waals surface area (Å²) in [5, 5.41) is 3.88. The third-order valence-corrected chi connectivity index (χ3v) is 3.46. The number of rotatable bonds is 4. The van der Waals surface area contributed by atoms with E-state index in [0.717, 1.165) is 11.3 Å². The van der Waals surface area contributed by atoms with Crippen molar-refractivity contribution in [2.45, 2.75) is 13.3 Å². The van der Waals surface area contributed by atoms with Gasteiger partial charge < -0.3 is 5.32 Å². The molecule has 1 aromatic carbocycles. The zero-order valence-electron chi connectivity index (χ0n) is 11.0. The van der Waals surface area contributed by atoms with Crippen LogP contribution >= 0.6 is 23.2 Å². The maximum absolute atomic E-state index is 12.0. The van der Waals surface area contributed by atoms with Crippen molar-refractivity contribution in [1.29, 1.82) is 0 Å². The van der Waals surface area contributed by atoms with Crippen molar-refractivity contribution in [1.82, 2.24) is 10.3 Å². The average Bonchev–Trinajstić information content (AvgIpc) is 2.41. The number of benzene rings is 1. The van der Waals surface area contributed by atoms with Crippen LogP contribution in [0, 0.1) is 6.92 Å². The van der Waals surface area contributed by atoms with Crippen LogP contribution in [0.4, 0.5) is 0 Å². The molecule has 0 aliphatic carbocycles. The minimum Gasteiger partial charge on any atom is -0.352 e. The highest BCUT2D eigenvalue weighted by Gasteiger charge is 2.08. The van der Waals surface area contributed by atoms with Crippen LogP contribution in [-0.4, -0.2) is 17.4 Å². The summed E-state index contributed by atoms with van der Waals surface area (Å²) in [7, 11) is 0. The lowest BCUT2D eigenvalue weighted by molar-refractivity contribution is 0.0953. The summed E-state index contributed by atoms with van der Waals surface area (Å²) >= 11 is 11.8. The summed E-state index contributed by atoms with van der Waals surface area (Å²) < 4.78 is 0. The third-order valence-electron chi connectivity index (χ3n) is 2.92. The molecule has 2 aromatic rings. The van der Waals surface area contributed by atoms with E-state index in [1.54, 1.807) is 18.3 Å². The quantitative estimate of drug-likeness (QED) is 0.936. The van der Waals surface area contributed by atoms with Crippen molar-refractivity contribution in [3.63, 3.8) is 0 Å². The Bertz CT molecular complexity index is 629. The van der Waals surface area contributed by atoms with E-state index in [4.69, 9.17) is 23.2 Å². The number of amides is 1. The van der Waals surface area contributed by atoms with E-state index in [1.165, 1.54) is 0 Å². The van der Waals surface area contributed by atoms with Crippen molar-refractivity contribution in [2.75, 3.05) is 6.54 Å². The van der Waals surface area contributed by atoms with E-state index >= 15 is 0 Å². The maximum atomic E-state index is 12.0. The van der Waals surface area contributed by atoms with Crippen molar-refractivity contribution in [2.24, 2.45) is 0 Å². The van der Waals surface area contributed by atoms with Gasteiger partial charge in [-0.1, -0.05) is 41.4 Å². The number of hydrogen-bond acceptors (Lipinski definition) is 2. The number of halogens is 2. The number of nitrogens with zero attached hydrogens (tertiary/aromatic N) is 1. The Balaban J connectivity index is 1.93. The second-order valence-corrected chi connectivity index (χ2v) is 5.25. The number of aryl methyl sites for hydroxylation is 1. The number of carbonyl (C=O) groups excluding carboxylic acids is 1. The molecule has 5 heteroatoms. The van der Waals surface area contributed by atoms with Crippen LogP contribution in [-0.2, 0) is 6.42 Å². The highest BCUT2D eigenvalue weighted by molar-refractivity contribution is 6.34. The second kappa shape index (κ2) is 6.73. The predicted octanol–water partition coefficient (Wildman–Crippen LogP) is 3.67. The van der Waals surface area contributed by atoms with Gasteiger partial charge in [-0.05, 0) is 24.6 Å². The lowest BCUT2D eigenvalue weighted by Crippen LogP contribution is -2.26. The Kier molecular flexibility index (Phi) is 4.99. The number of aromatic nitrogens is 1. The van der Waals surface area contributed by atoms with E-state index in [1.807, 2.05) is 25.1 Å². The fraction of sp³-hybridized carbons (Fsp3) is 0.200. The third kappa shape index (κ3) is 3.71. The molecule has 0 unspecified atom stereocenters. The van der Waals surface area contributed by atoms with Gasteiger partial charge in [-0.3, -0.25) is 9.78 Å². The van der Waals surface area contributed by atoms with Crippen LogP contribution in [0.15, 0.2) is 36.5 Å². The molecule has 0 fully saturated rings. The van der Waals surface area contributed by atoms with Crippen LogP contribution in [0.25, 0.3) is 0 Å². The first-order chi connectivity index (χ1) is 9.58. The van der Waals surface area contributed by atoms with E-state index in [0.29, 0.717) is 28.6 Å². The SMILES string of the molecule is Cc1ccccc1C(=O)NCCc1ncc(Cl)cc1Cl. The van der Waals surface area contributed by atoms with Gasteiger partial charge in [0.25, 0.3) is 5.91 Å². The Morgan fingerprint density at radius 3 is 2.75 bits per heavy atom. The summed E-state index contributed by atoms with van der Waals surface area (Å²) in [5.41, 5.74) is 2.36. The molecule has 2 rings (SSSR count). The Morgan fingerprint density at radius 1 is 1.30 bits per heavy atom. The first-order valence-electron chi connectivity index (χ1n) is 6.21. The molecule has 0 aliphatic rings. The van der Waals surface area contributed by atoms with Gasteiger partial charge >= 0.3 is 0 Å². The number of carbonyl (C=O) groups is 1. The summed E-state index contributed by atoms with van der Waals surface area (Å²) in [6.07, 6.45) is 2.11. The van der Waals surface area contributed by atoms with E-state index in [-0.39, 0.29) is 5.91 Å². The number of pyridine rings is 1. The summed E-state index contributed by atoms with van der Waals surface area (Å²) in [6, 6.07) is 9.11. The fourth-order valence-electron chi connectivity index (χ4n) is 1.84. The maximum Gasteiger partial charge on any atom is 0.251 e. The number of nitrogens with one attached hydrogen (secondary N) is 1. The van der Waals surface area contributed by atoms with Crippen molar-refractivity contribution < 1.29 is 4.79 Å². The predicted molar refractivity (Wildman–Crippen MR) is 81.5 cm³/mol. The molecular formula is C15H14Cl2N2O. The van der Waals surface area contributed by atoms with Crippen LogP contribution in [0.3, 0.4) is 0 Å². The first kappa shape index (κ1) is 14.8. The van der Waals surface area contributed by atoms with Gasteiger partial charge in [-0.2, -0.15) is 0 Å². The van der Waals surface area contributed by atoms with Gasteiger partial charge in [-0.15, -0.1) is 0 Å². The first-order valence-corrected chi connectivity index (χ1v) is 6.97. The van der Waals surface area contributed by atoms with Crippen LogP contribution in [0.1, 0.15) is 21.6 Å². The molecule has 0 atom stereocenters. The molecule has 1 aromatic heterocycles. The lowest BCUT2D eigenvalue weighted by atomic mass is 10.1. The van der Waals surface area contributed by atoms with E-state index in [9.17, 15) is 4.79 Å². The Hall–Kier alpha value is -1.58. The normalized spacial score (nSPS) is 10.3. The highest BCUT2D eigenvalue weighted by Crippen LogP contribution is 2.18. The van der Waals surface area contributed by atoms with Gasteiger partial charge in [0, 0.05) is 24.7 Å². The van der Waals surface area contributed by atoms with Gasteiger partial charge in [0.2, 0.25) is 0 Å². The molecule has 104 valence electrons. The van der Waals surface area contributed by atoms with Gasteiger partial charge in [-0.25, -0.2) is 0 Å². The molecule has 3 nitrogen and oxygen atoms in total. The summed E-state index contributed by atoms with van der Waals surface area (Å²) in [6.45, 7) is 2.38.